The maximum absolute atomic E-state index is 11.4. The van der Waals surface area contributed by atoms with Gasteiger partial charge in [-0.3, -0.25) is 4.79 Å². The number of carbonyl (C=O) groups is 2. The quantitative estimate of drug-likeness (QED) is 0.497. The molecule has 6 nitrogen and oxygen atoms in total. The van der Waals surface area contributed by atoms with E-state index in [0.717, 1.165) is 0 Å². The predicted molar refractivity (Wildman–Crippen MR) is 49.9 cm³/mol. The van der Waals surface area contributed by atoms with Gasteiger partial charge < -0.3 is 19.5 Å². The molecule has 0 spiro atoms. The molecule has 0 aromatic carbocycles. The first kappa shape index (κ1) is 11.9. The highest BCUT2D eigenvalue weighted by atomic mass is 16.7. The Bertz CT molecular complexity index is 251. The van der Waals surface area contributed by atoms with Crippen molar-refractivity contribution in [3.8, 4) is 0 Å². The minimum absolute atomic E-state index is 0.200. The normalized spacial score (nSPS) is 25.5. The molecular weight excluding hydrogens is 202 g/mol. The fraction of sp³-hybridized carbons (Fsp3) is 0.778. The van der Waals surface area contributed by atoms with Gasteiger partial charge in [0, 0.05) is 26.6 Å². The SMILES string of the molecule is COC(=O)[C@@H]1NC(=O)C[C@H]1C(OC)OC. The molecule has 15 heavy (non-hydrogen) atoms. The third kappa shape index (κ3) is 2.45. The molecule has 1 fully saturated rings. The molecule has 86 valence electrons. The molecule has 0 bridgehead atoms. The summed E-state index contributed by atoms with van der Waals surface area (Å²) in [6.45, 7) is 0. The third-order valence-corrected chi connectivity index (χ3v) is 2.44. The van der Waals surface area contributed by atoms with Gasteiger partial charge in [0.2, 0.25) is 5.91 Å². The Hall–Kier alpha value is -1.14. The molecule has 0 aromatic heterocycles. The minimum atomic E-state index is -0.688. The van der Waals surface area contributed by atoms with E-state index in [1.54, 1.807) is 0 Å². The van der Waals surface area contributed by atoms with Crippen LogP contribution in [0.4, 0.5) is 0 Å². The Morgan fingerprint density at radius 3 is 2.47 bits per heavy atom. The van der Waals surface area contributed by atoms with Crippen LogP contribution in [0, 0.1) is 5.92 Å². The number of rotatable bonds is 4. The Morgan fingerprint density at radius 2 is 2.00 bits per heavy atom. The molecule has 2 atom stereocenters. The summed E-state index contributed by atoms with van der Waals surface area (Å²) < 4.78 is 14.7. The molecule has 0 saturated carbocycles. The molecule has 1 N–H and O–H groups in total. The van der Waals surface area contributed by atoms with Gasteiger partial charge in [0.25, 0.3) is 0 Å². The number of hydrogen-bond acceptors (Lipinski definition) is 5. The average molecular weight is 217 g/mol. The van der Waals surface area contributed by atoms with Crippen molar-refractivity contribution in [1.29, 1.82) is 0 Å². The lowest BCUT2D eigenvalue weighted by Crippen LogP contribution is -2.42. The summed E-state index contributed by atoms with van der Waals surface area (Å²) in [4.78, 5) is 22.5. The van der Waals surface area contributed by atoms with Gasteiger partial charge in [-0.25, -0.2) is 4.79 Å². The summed E-state index contributed by atoms with van der Waals surface area (Å²) in [6, 6.07) is -0.688. The van der Waals surface area contributed by atoms with Crippen molar-refractivity contribution in [2.45, 2.75) is 18.8 Å². The van der Waals surface area contributed by atoms with Crippen LogP contribution in [0.2, 0.25) is 0 Å². The molecule has 0 aliphatic carbocycles. The van der Waals surface area contributed by atoms with Gasteiger partial charge in [0.05, 0.1) is 7.11 Å². The monoisotopic (exact) mass is 217 g/mol. The van der Waals surface area contributed by atoms with Gasteiger partial charge in [0.15, 0.2) is 6.29 Å². The van der Waals surface area contributed by atoms with Gasteiger partial charge in [0.1, 0.15) is 6.04 Å². The summed E-state index contributed by atoms with van der Waals surface area (Å²) in [6.07, 6.45) is -0.389. The summed E-state index contributed by atoms with van der Waals surface area (Å²) in [5, 5.41) is 2.53. The molecular formula is C9H15NO5. The lowest BCUT2D eigenvalue weighted by atomic mass is 10.00. The van der Waals surface area contributed by atoms with Crippen molar-refractivity contribution >= 4 is 11.9 Å². The molecule has 0 radical (unpaired) electrons. The molecule has 0 unspecified atom stereocenters. The molecule has 1 aliphatic rings. The first-order valence-corrected chi connectivity index (χ1v) is 4.56. The molecule has 1 heterocycles. The van der Waals surface area contributed by atoms with E-state index in [9.17, 15) is 9.59 Å². The first-order chi connectivity index (χ1) is 7.13. The fourth-order valence-corrected chi connectivity index (χ4v) is 1.73. The Labute approximate surface area is 87.9 Å². The lowest BCUT2D eigenvalue weighted by Gasteiger charge is -2.23. The van der Waals surface area contributed by atoms with E-state index in [1.807, 2.05) is 0 Å². The molecule has 1 aliphatic heterocycles. The van der Waals surface area contributed by atoms with Crippen molar-refractivity contribution in [2.75, 3.05) is 21.3 Å². The summed E-state index contributed by atoms with van der Waals surface area (Å²) in [7, 11) is 4.20. The van der Waals surface area contributed by atoms with E-state index < -0.39 is 18.3 Å². The van der Waals surface area contributed by atoms with Gasteiger partial charge in [-0.1, -0.05) is 0 Å². The standard InChI is InChI=1S/C9H15NO5/c1-13-8(12)7-5(4-6(11)10-7)9(14-2)15-3/h5,7,9H,4H2,1-3H3,(H,10,11)/t5-,7-/m1/s1. The van der Waals surface area contributed by atoms with Crippen LogP contribution in [-0.2, 0) is 23.8 Å². The van der Waals surface area contributed by atoms with E-state index in [1.165, 1.54) is 21.3 Å². The number of esters is 1. The summed E-state index contributed by atoms with van der Waals surface area (Å²) in [5.74, 6) is -1.03. The summed E-state index contributed by atoms with van der Waals surface area (Å²) >= 11 is 0. The zero-order valence-corrected chi connectivity index (χ0v) is 8.98. The summed E-state index contributed by atoms with van der Waals surface area (Å²) in [5.41, 5.74) is 0. The van der Waals surface area contributed by atoms with Crippen molar-refractivity contribution in [2.24, 2.45) is 5.92 Å². The van der Waals surface area contributed by atoms with Gasteiger partial charge in [-0.15, -0.1) is 0 Å². The van der Waals surface area contributed by atoms with E-state index >= 15 is 0 Å². The zero-order valence-electron chi connectivity index (χ0n) is 8.98. The van der Waals surface area contributed by atoms with Crippen molar-refractivity contribution in [1.82, 2.24) is 5.32 Å². The number of nitrogens with one attached hydrogen (secondary N) is 1. The highest BCUT2D eigenvalue weighted by Crippen LogP contribution is 2.23. The van der Waals surface area contributed by atoms with Crippen LogP contribution in [0.25, 0.3) is 0 Å². The highest BCUT2D eigenvalue weighted by molar-refractivity contribution is 5.88. The van der Waals surface area contributed by atoms with Crippen molar-refractivity contribution in [3.05, 3.63) is 0 Å². The smallest absolute Gasteiger partial charge is 0.328 e. The van der Waals surface area contributed by atoms with Gasteiger partial charge >= 0.3 is 5.97 Å². The number of methoxy groups -OCH3 is 3. The van der Waals surface area contributed by atoms with Crippen LogP contribution >= 0.6 is 0 Å². The highest BCUT2D eigenvalue weighted by Gasteiger charge is 2.43. The number of amides is 1. The molecule has 0 aromatic rings. The van der Waals surface area contributed by atoms with Crippen LogP contribution in [0.1, 0.15) is 6.42 Å². The maximum Gasteiger partial charge on any atom is 0.328 e. The predicted octanol–water partition coefficient (Wildman–Crippen LogP) is -0.717. The van der Waals surface area contributed by atoms with Crippen LogP contribution < -0.4 is 5.32 Å². The Kier molecular flexibility index (Phi) is 4.05. The lowest BCUT2D eigenvalue weighted by molar-refractivity contribution is -0.159. The number of ether oxygens (including phenoxy) is 3. The first-order valence-electron chi connectivity index (χ1n) is 4.56. The zero-order chi connectivity index (χ0) is 11.4. The molecule has 6 heteroatoms. The topological polar surface area (TPSA) is 73.9 Å². The van der Waals surface area contributed by atoms with Crippen LogP contribution in [0.15, 0.2) is 0 Å². The average Bonchev–Trinajstić information content (AvgIpc) is 2.61. The largest absolute Gasteiger partial charge is 0.467 e. The fourth-order valence-electron chi connectivity index (χ4n) is 1.73. The van der Waals surface area contributed by atoms with E-state index in [4.69, 9.17) is 9.47 Å². The molecule has 1 rings (SSSR count). The maximum atomic E-state index is 11.4. The van der Waals surface area contributed by atoms with Crippen LogP contribution in [-0.4, -0.2) is 45.5 Å². The van der Waals surface area contributed by atoms with Gasteiger partial charge in [-0.2, -0.15) is 0 Å². The second kappa shape index (κ2) is 5.09. The van der Waals surface area contributed by atoms with Crippen LogP contribution in [0.3, 0.4) is 0 Å². The Balaban J connectivity index is 2.76. The second-order valence-electron chi connectivity index (χ2n) is 3.28. The molecule has 1 saturated heterocycles. The number of carbonyl (C=O) groups excluding carboxylic acids is 2. The van der Waals surface area contributed by atoms with Crippen molar-refractivity contribution in [3.63, 3.8) is 0 Å². The third-order valence-electron chi connectivity index (χ3n) is 2.44. The van der Waals surface area contributed by atoms with Gasteiger partial charge in [-0.05, 0) is 0 Å². The minimum Gasteiger partial charge on any atom is -0.467 e. The second-order valence-corrected chi connectivity index (χ2v) is 3.28. The molecule has 1 amide bonds. The van der Waals surface area contributed by atoms with E-state index in [0.29, 0.717) is 0 Å². The Morgan fingerprint density at radius 1 is 1.40 bits per heavy atom. The van der Waals surface area contributed by atoms with Crippen molar-refractivity contribution < 1.29 is 23.8 Å². The number of hydrogen-bond donors (Lipinski definition) is 1. The van der Waals surface area contributed by atoms with E-state index in [-0.39, 0.29) is 18.2 Å². The van der Waals surface area contributed by atoms with Crippen LogP contribution in [0.5, 0.6) is 0 Å². The van der Waals surface area contributed by atoms with E-state index in [2.05, 4.69) is 10.1 Å².